The highest BCUT2D eigenvalue weighted by atomic mass is 19.1. The van der Waals surface area contributed by atoms with Crippen LogP contribution in [0.15, 0.2) is 28.8 Å². The molecule has 3 aromatic rings. The molecule has 0 saturated heterocycles. The summed E-state index contributed by atoms with van der Waals surface area (Å²) in [5.74, 6) is -0.312. The van der Waals surface area contributed by atoms with Crippen molar-refractivity contribution >= 4 is 11.6 Å². The van der Waals surface area contributed by atoms with E-state index < -0.39 is 5.82 Å². The normalized spacial score (nSPS) is 11.2. The van der Waals surface area contributed by atoms with E-state index in [2.05, 4.69) is 15.6 Å². The second kappa shape index (κ2) is 6.74. The first-order valence-corrected chi connectivity index (χ1v) is 8.38. The Labute approximate surface area is 151 Å². The Kier molecular flexibility index (Phi) is 4.63. The number of amides is 1. The van der Waals surface area contributed by atoms with Gasteiger partial charge in [-0.3, -0.25) is 4.79 Å². The Hall–Kier alpha value is -2.96. The lowest BCUT2D eigenvalue weighted by molar-refractivity contribution is 0.102. The molecular formula is C19H21FN4O2. The molecule has 0 aliphatic carbocycles. The van der Waals surface area contributed by atoms with Gasteiger partial charge in [0.1, 0.15) is 11.3 Å². The molecule has 0 saturated carbocycles. The summed E-state index contributed by atoms with van der Waals surface area (Å²) in [6, 6.07) is 6.39. The molecule has 1 aromatic carbocycles. The highest BCUT2D eigenvalue weighted by molar-refractivity contribution is 6.05. The Morgan fingerprint density at radius 3 is 2.54 bits per heavy atom. The van der Waals surface area contributed by atoms with E-state index in [1.807, 2.05) is 33.8 Å². The molecule has 0 aliphatic heterocycles. The Balaban J connectivity index is 1.88. The highest BCUT2D eigenvalue weighted by Gasteiger charge is 2.23. The summed E-state index contributed by atoms with van der Waals surface area (Å²) < 4.78 is 21.3. The van der Waals surface area contributed by atoms with Crippen molar-refractivity contribution in [1.29, 1.82) is 0 Å². The zero-order valence-electron chi connectivity index (χ0n) is 15.4. The van der Waals surface area contributed by atoms with Gasteiger partial charge >= 0.3 is 0 Å². The number of rotatable bonds is 4. The molecule has 0 fully saturated rings. The van der Waals surface area contributed by atoms with Crippen LogP contribution in [0.4, 0.5) is 10.1 Å². The van der Waals surface area contributed by atoms with Gasteiger partial charge < -0.3 is 9.84 Å². The lowest BCUT2D eigenvalue weighted by Gasteiger charge is -2.10. The molecule has 0 radical (unpaired) electrons. The van der Waals surface area contributed by atoms with Crippen molar-refractivity contribution in [3.63, 3.8) is 0 Å². The highest BCUT2D eigenvalue weighted by Crippen LogP contribution is 2.25. The quantitative estimate of drug-likeness (QED) is 0.756. The van der Waals surface area contributed by atoms with Gasteiger partial charge in [-0.15, -0.1) is 0 Å². The topological polar surface area (TPSA) is 73.0 Å². The minimum Gasteiger partial charge on any atom is -0.360 e. The van der Waals surface area contributed by atoms with Crippen LogP contribution in [0.2, 0.25) is 0 Å². The van der Waals surface area contributed by atoms with E-state index in [1.54, 1.807) is 19.1 Å². The van der Waals surface area contributed by atoms with Crippen LogP contribution in [0.3, 0.4) is 0 Å². The van der Waals surface area contributed by atoms with Crippen LogP contribution in [0.25, 0.3) is 5.69 Å². The van der Waals surface area contributed by atoms with Gasteiger partial charge in [-0.2, -0.15) is 5.10 Å². The molecule has 0 aliphatic rings. The molecular weight excluding hydrogens is 335 g/mol. The Morgan fingerprint density at radius 1 is 1.23 bits per heavy atom. The third kappa shape index (κ3) is 3.24. The monoisotopic (exact) mass is 356 g/mol. The number of hydrogen-bond donors (Lipinski definition) is 1. The van der Waals surface area contributed by atoms with Crippen molar-refractivity contribution in [1.82, 2.24) is 14.9 Å². The maximum atomic E-state index is 14.6. The van der Waals surface area contributed by atoms with Crippen LogP contribution in [-0.2, 0) is 0 Å². The smallest absolute Gasteiger partial charge is 0.261 e. The van der Waals surface area contributed by atoms with Crippen molar-refractivity contribution in [3.05, 3.63) is 58.5 Å². The number of aryl methyl sites for hydroxylation is 3. The average Bonchev–Trinajstić information content (AvgIpc) is 3.10. The molecule has 136 valence electrons. The lowest BCUT2D eigenvalue weighted by Crippen LogP contribution is -2.15. The SMILES string of the molecule is Cc1cc(C)n(-c2ccc(NC(=O)c3c(C)noc3C(C)C)cc2F)n1. The maximum absolute atomic E-state index is 14.6. The molecule has 7 heteroatoms. The predicted molar refractivity (Wildman–Crippen MR) is 96.3 cm³/mol. The molecule has 0 unspecified atom stereocenters. The lowest BCUT2D eigenvalue weighted by atomic mass is 10.0. The van der Waals surface area contributed by atoms with E-state index >= 15 is 0 Å². The molecule has 6 nitrogen and oxygen atoms in total. The fourth-order valence-electron chi connectivity index (χ4n) is 2.88. The zero-order chi connectivity index (χ0) is 19.0. The Bertz CT molecular complexity index is 972. The van der Waals surface area contributed by atoms with Crippen molar-refractivity contribution in [2.75, 3.05) is 5.32 Å². The molecule has 0 spiro atoms. The summed E-state index contributed by atoms with van der Waals surface area (Å²) in [5, 5.41) is 10.9. The number of hydrogen-bond acceptors (Lipinski definition) is 4. The molecule has 26 heavy (non-hydrogen) atoms. The first-order chi connectivity index (χ1) is 12.3. The molecule has 2 heterocycles. The number of nitrogens with one attached hydrogen (secondary N) is 1. The van der Waals surface area contributed by atoms with Crippen molar-refractivity contribution in [2.45, 2.75) is 40.5 Å². The van der Waals surface area contributed by atoms with Gasteiger partial charge in [0.05, 0.1) is 11.4 Å². The van der Waals surface area contributed by atoms with Crippen LogP contribution >= 0.6 is 0 Å². The van der Waals surface area contributed by atoms with Crippen molar-refractivity contribution in [2.24, 2.45) is 0 Å². The number of carbonyl (C=O) groups excluding carboxylic acids is 1. The summed E-state index contributed by atoms with van der Waals surface area (Å²) in [6.07, 6.45) is 0. The maximum Gasteiger partial charge on any atom is 0.261 e. The van der Waals surface area contributed by atoms with E-state index in [0.29, 0.717) is 28.4 Å². The summed E-state index contributed by atoms with van der Waals surface area (Å²) in [4.78, 5) is 12.6. The van der Waals surface area contributed by atoms with Crippen molar-refractivity contribution < 1.29 is 13.7 Å². The fraction of sp³-hybridized carbons (Fsp3) is 0.316. The molecule has 1 amide bonds. The van der Waals surface area contributed by atoms with E-state index in [0.717, 1.165) is 11.4 Å². The van der Waals surface area contributed by atoms with Crippen molar-refractivity contribution in [3.8, 4) is 5.69 Å². The number of aromatic nitrogens is 3. The first kappa shape index (κ1) is 17.8. The molecule has 1 N–H and O–H groups in total. The minimum atomic E-state index is -0.472. The minimum absolute atomic E-state index is 0.0158. The molecule has 0 atom stereocenters. The number of halogens is 1. The largest absolute Gasteiger partial charge is 0.360 e. The van der Waals surface area contributed by atoms with Gasteiger partial charge in [-0.25, -0.2) is 9.07 Å². The van der Waals surface area contributed by atoms with E-state index in [1.165, 1.54) is 10.7 Å². The van der Waals surface area contributed by atoms with Gasteiger partial charge in [0.2, 0.25) is 0 Å². The van der Waals surface area contributed by atoms with Gasteiger partial charge in [0.15, 0.2) is 11.6 Å². The zero-order valence-corrected chi connectivity index (χ0v) is 15.4. The molecule has 3 rings (SSSR count). The van der Waals surface area contributed by atoms with Crippen LogP contribution < -0.4 is 5.32 Å². The first-order valence-electron chi connectivity index (χ1n) is 8.38. The number of nitrogens with zero attached hydrogens (tertiary/aromatic N) is 3. The average molecular weight is 356 g/mol. The summed E-state index contributed by atoms with van der Waals surface area (Å²) >= 11 is 0. The van der Waals surface area contributed by atoms with Gasteiger partial charge in [0, 0.05) is 17.3 Å². The van der Waals surface area contributed by atoms with Crippen LogP contribution in [0.1, 0.15) is 53.0 Å². The van der Waals surface area contributed by atoms with Gasteiger partial charge in [-0.1, -0.05) is 19.0 Å². The van der Waals surface area contributed by atoms with Crippen LogP contribution in [0.5, 0.6) is 0 Å². The molecule has 0 bridgehead atoms. The number of benzene rings is 1. The third-order valence-corrected chi connectivity index (χ3v) is 4.08. The number of anilines is 1. The summed E-state index contributed by atoms with van der Waals surface area (Å²) in [5.41, 5.74) is 3.22. The summed E-state index contributed by atoms with van der Waals surface area (Å²) in [6.45, 7) is 9.25. The van der Waals surface area contributed by atoms with E-state index in [4.69, 9.17) is 4.52 Å². The van der Waals surface area contributed by atoms with Gasteiger partial charge in [0.25, 0.3) is 5.91 Å². The van der Waals surface area contributed by atoms with Crippen LogP contribution in [-0.4, -0.2) is 20.8 Å². The third-order valence-electron chi connectivity index (χ3n) is 4.08. The standard InChI is InChI=1S/C19H21FN4O2/c1-10(2)18-17(13(5)23-26-18)19(25)21-14-6-7-16(15(20)9-14)24-12(4)8-11(3)22-24/h6-10H,1-5H3,(H,21,25). The second-order valence-corrected chi connectivity index (χ2v) is 6.62. The van der Waals surface area contributed by atoms with E-state index in [-0.39, 0.29) is 11.8 Å². The Morgan fingerprint density at radius 2 is 1.96 bits per heavy atom. The van der Waals surface area contributed by atoms with Gasteiger partial charge in [-0.05, 0) is 45.0 Å². The summed E-state index contributed by atoms with van der Waals surface area (Å²) in [7, 11) is 0. The number of carbonyl (C=O) groups is 1. The second-order valence-electron chi connectivity index (χ2n) is 6.62. The fourth-order valence-corrected chi connectivity index (χ4v) is 2.88. The molecule has 2 aromatic heterocycles. The predicted octanol–water partition coefficient (Wildman–Crippen LogP) is 4.30. The van der Waals surface area contributed by atoms with E-state index in [9.17, 15) is 9.18 Å². The van der Waals surface area contributed by atoms with Crippen LogP contribution in [0, 0.1) is 26.6 Å².